The summed E-state index contributed by atoms with van der Waals surface area (Å²) < 4.78 is 1.23. The van der Waals surface area contributed by atoms with Gasteiger partial charge in [0.2, 0.25) is 0 Å². The summed E-state index contributed by atoms with van der Waals surface area (Å²) in [5, 5.41) is 26.3. The first-order chi connectivity index (χ1) is 15.2. The van der Waals surface area contributed by atoms with Crippen molar-refractivity contribution in [3.63, 3.8) is 0 Å². The van der Waals surface area contributed by atoms with E-state index in [1.54, 1.807) is 17.4 Å². The molecule has 5 rings (SSSR count). The number of benzene rings is 4. The molecule has 2 nitrogen and oxygen atoms in total. The Morgan fingerprint density at radius 1 is 0.774 bits per heavy atom. The quantitative estimate of drug-likeness (QED) is 0.321. The van der Waals surface area contributed by atoms with Gasteiger partial charge in [-0.1, -0.05) is 54.3 Å². The topological polar surface area (TPSA) is 40.5 Å². The van der Waals surface area contributed by atoms with E-state index in [0.717, 1.165) is 16.5 Å². The van der Waals surface area contributed by atoms with Crippen LogP contribution < -0.4 is 0 Å². The van der Waals surface area contributed by atoms with Crippen molar-refractivity contribution < 1.29 is 10.2 Å². The summed E-state index contributed by atoms with van der Waals surface area (Å²) in [5.74, 6) is 6.62. The van der Waals surface area contributed by atoms with Gasteiger partial charge in [0, 0.05) is 34.1 Å². The molecule has 0 saturated heterocycles. The zero-order valence-corrected chi connectivity index (χ0v) is 17.6. The molecule has 0 amide bonds. The van der Waals surface area contributed by atoms with Gasteiger partial charge >= 0.3 is 0 Å². The van der Waals surface area contributed by atoms with Crippen LogP contribution in [-0.2, 0) is 12.8 Å². The van der Waals surface area contributed by atoms with Crippen LogP contribution in [0.1, 0.15) is 22.3 Å². The predicted molar refractivity (Wildman–Crippen MR) is 129 cm³/mol. The fourth-order valence-electron chi connectivity index (χ4n) is 3.83. The standard InChI is InChI=1S/C28H20O2S/c29-26-18-22-11-9-20(8-4-7-19-5-2-1-3-6-19)16-24(22)28(30)25(26)17-21-10-12-27-23(15-21)13-14-31-27/h1-3,5-6,9-16,18,29-30H,7,17H2. The minimum Gasteiger partial charge on any atom is -0.507 e. The van der Waals surface area contributed by atoms with Crippen molar-refractivity contribution >= 4 is 32.2 Å². The molecular formula is C28H20O2S. The molecule has 5 aromatic rings. The van der Waals surface area contributed by atoms with Gasteiger partial charge in [-0.3, -0.25) is 0 Å². The first-order valence-corrected chi connectivity index (χ1v) is 11.0. The highest BCUT2D eigenvalue weighted by Gasteiger charge is 2.14. The second-order valence-corrected chi connectivity index (χ2v) is 8.54. The van der Waals surface area contributed by atoms with Crippen molar-refractivity contribution in [1.29, 1.82) is 0 Å². The number of hydrogen-bond acceptors (Lipinski definition) is 3. The lowest BCUT2D eigenvalue weighted by Crippen LogP contribution is -1.92. The van der Waals surface area contributed by atoms with Gasteiger partial charge in [0.15, 0.2) is 0 Å². The second-order valence-electron chi connectivity index (χ2n) is 7.59. The number of phenolic OH excluding ortho intramolecular Hbond substituents is 2. The fraction of sp³-hybridized carbons (Fsp3) is 0.0714. The summed E-state index contributed by atoms with van der Waals surface area (Å²) in [6.07, 6.45) is 1.14. The molecule has 0 bridgehead atoms. The summed E-state index contributed by atoms with van der Waals surface area (Å²) in [6.45, 7) is 0. The number of hydrogen-bond donors (Lipinski definition) is 2. The minimum atomic E-state index is 0.110. The third-order valence-electron chi connectivity index (χ3n) is 5.46. The van der Waals surface area contributed by atoms with E-state index >= 15 is 0 Å². The first-order valence-electron chi connectivity index (χ1n) is 10.1. The Morgan fingerprint density at radius 2 is 1.65 bits per heavy atom. The van der Waals surface area contributed by atoms with E-state index in [-0.39, 0.29) is 11.5 Å². The van der Waals surface area contributed by atoms with E-state index in [1.165, 1.54) is 15.6 Å². The summed E-state index contributed by atoms with van der Waals surface area (Å²) in [7, 11) is 0. The first kappa shape index (κ1) is 19.2. The Bertz CT molecular complexity index is 1450. The molecule has 2 N–H and O–H groups in total. The highest BCUT2D eigenvalue weighted by molar-refractivity contribution is 7.17. The smallest absolute Gasteiger partial charge is 0.130 e. The molecule has 0 fully saturated rings. The summed E-state index contributed by atoms with van der Waals surface area (Å²) in [5.41, 5.74) is 3.61. The SMILES string of the molecule is Oc1cc2ccc(C#CCc3ccccc3)cc2c(O)c1Cc1ccc2sccc2c1. The molecule has 0 aliphatic heterocycles. The molecule has 0 saturated carbocycles. The molecule has 0 aliphatic carbocycles. The van der Waals surface area contributed by atoms with Crippen LogP contribution in [-0.4, -0.2) is 10.2 Å². The number of thiophene rings is 1. The number of aromatic hydroxyl groups is 2. The van der Waals surface area contributed by atoms with Crippen LogP contribution in [0.3, 0.4) is 0 Å². The maximum Gasteiger partial charge on any atom is 0.130 e. The minimum absolute atomic E-state index is 0.110. The Kier molecular flexibility index (Phi) is 5.08. The number of fused-ring (bicyclic) bond motifs is 2. The fourth-order valence-corrected chi connectivity index (χ4v) is 4.60. The van der Waals surface area contributed by atoms with Gasteiger partial charge in [0.25, 0.3) is 0 Å². The maximum atomic E-state index is 11.0. The molecular weight excluding hydrogens is 400 g/mol. The Hall–Kier alpha value is -3.74. The van der Waals surface area contributed by atoms with Crippen LogP contribution in [0.4, 0.5) is 0 Å². The number of phenols is 2. The third kappa shape index (κ3) is 3.99. The predicted octanol–water partition coefficient (Wildman–Crippen LogP) is 6.65. The molecule has 3 heteroatoms. The molecule has 0 atom stereocenters. The van der Waals surface area contributed by atoms with Crippen LogP contribution in [0.2, 0.25) is 0 Å². The Labute approximate surface area is 185 Å². The van der Waals surface area contributed by atoms with Gasteiger partial charge in [-0.05, 0) is 63.7 Å². The second kappa shape index (κ2) is 8.18. The van der Waals surface area contributed by atoms with E-state index in [1.807, 2.05) is 42.5 Å². The molecule has 0 unspecified atom stereocenters. The van der Waals surface area contributed by atoms with Gasteiger partial charge < -0.3 is 10.2 Å². The monoisotopic (exact) mass is 420 g/mol. The van der Waals surface area contributed by atoms with E-state index in [0.29, 0.717) is 23.8 Å². The average Bonchev–Trinajstić information content (AvgIpc) is 3.26. The highest BCUT2D eigenvalue weighted by atomic mass is 32.1. The van der Waals surface area contributed by atoms with Crippen LogP contribution in [0.25, 0.3) is 20.9 Å². The van der Waals surface area contributed by atoms with Crippen molar-refractivity contribution in [3.8, 4) is 23.3 Å². The molecule has 1 aromatic heterocycles. The summed E-state index contributed by atoms with van der Waals surface area (Å²) in [4.78, 5) is 0. The Morgan fingerprint density at radius 3 is 2.52 bits per heavy atom. The van der Waals surface area contributed by atoms with Crippen LogP contribution in [0.5, 0.6) is 11.5 Å². The van der Waals surface area contributed by atoms with Gasteiger partial charge in [0.05, 0.1) is 0 Å². The molecule has 1 heterocycles. The lowest BCUT2D eigenvalue weighted by Gasteiger charge is -2.11. The van der Waals surface area contributed by atoms with Crippen molar-refractivity contribution in [2.75, 3.05) is 0 Å². The Balaban J connectivity index is 1.48. The third-order valence-corrected chi connectivity index (χ3v) is 6.36. The average molecular weight is 421 g/mol. The summed E-state index contributed by atoms with van der Waals surface area (Å²) >= 11 is 1.71. The van der Waals surface area contributed by atoms with Crippen molar-refractivity contribution in [2.45, 2.75) is 12.8 Å². The van der Waals surface area contributed by atoms with E-state index in [2.05, 4.69) is 47.6 Å². The van der Waals surface area contributed by atoms with Crippen molar-refractivity contribution in [1.82, 2.24) is 0 Å². The summed E-state index contributed by atoms with van der Waals surface area (Å²) in [6, 6.07) is 25.9. The van der Waals surface area contributed by atoms with Gasteiger partial charge in [-0.2, -0.15) is 0 Å². The largest absolute Gasteiger partial charge is 0.507 e. The molecule has 0 radical (unpaired) electrons. The molecule has 4 aromatic carbocycles. The van der Waals surface area contributed by atoms with E-state index in [4.69, 9.17) is 0 Å². The van der Waals surface area contributed by atoms with Crippen LogP contribution in [0.15, 0.2) is 84.2 Å². The van der Waals surface area contributed by atoms with Crippen molar-refractivity contribution in [2.24, 2.45) is 0 Å². The zero-order valence-electron chi connectivity index (χ0n) is 16.8. The lowest BCUT2D eigenvalue weighted by atomic mass is 9.97. The van der Waals surface area contributed by atoms with Gasteiger partial charge in [-0.25, -0.2) is 0 Å². The number of rotatable bonds is 3. The molecule has 0 spiro atoms. The lowest BCUT2D eigenvalue weighted by molar-refractivity contribution is 0.445. The zero-order chi connectivity index (χ0) is 21.2. The molecule has 0 aliphatic rings. The molecule has 150 valence electrons. The maximum absolute atomic E-state index is 11.0. The molecule has 31 heavy (non-hydrogen) atoms. The van der Waals surface area contributed by atoms with Gasteiger partial charge in [-0.15, -0.1) is 11.3 Å². The van der Waals surface area contributed by atoms with Crippen molar-refractivity contribution in [3.05, 3.63) is 106 Å². The normalized spacial score (nSPS) is 10.8. The van der Waals surface area contributed by atoms with Crippen LogP contribution >= 0.6 is 11.3 Å². The van der Waals surface area contributed by atoms with E-state index in [9.17, 15) is 10.2 Å². The van der Waals surface area contributed by atoms with Gasteiger partial charge in [0.1, 0.15) is 11.5 Å². The van der Waals surface area contributed by atoms with Crippen LogP contribution in [0, 0.1) is 11.8 Å². The van der Waals surface area contributed by atoms with E-state index < -0.39 is 0 Å². The highest BCUT2D eigenvalue weighted by Crippen LogP contribution is 2.38.